The third-order valence-electron chi connectivity index (χ3n) is 3.51. The monoisotopic (exact) mass is 281 g/mol. The Morgan fingerprint density at radius 2 is 2.25 bits per heavy atom. The number of hydrogen-bond donors (Lipinski definition) is 1. The molecule has 1 heterocycles. The first-order chi connectivity index (χ1) is 9.69. The molecule has 0 aromatic heterocycles. The molecule has 0 radical (unpaired) electrons. The Labute approximate surface area is 120 Å². The van der Waals surface area contributed by atoms with E-state index in [1.54, 1.807) is 6.07 Å². The quantitative estimate of drug-likeness (QED) is 0.778. The third-order valence-corrected chi connectivity index (χ3v) is 3.51. The Balaban J connectivity index is 1.91. The summed E-state index contributed by atoms with van der Waals surface area (Å²) in [6.07, 6.45) is 3.65. The van der Waals surface area contributed by atoms with Crippen molar-refractivity contribution in [2.75, 3.05) is 13.2 Å². The summed E-state index contributed by atoms with van der Waals surface area (Å²) in [5.41, 5.74) is 0.865. The van der Waals surface area contributed by atoms with Gasteiger partial charge in [-0.05, 0) is 50.9 Å². The van der Waals surface area contributed by atoms with Gasteiger partial charge < -0.3 is 14.8 Å². The summed E-state index contributed by atoms with van der Waals surface area (Å²) < 4.78 is 24.9. The van der Waals surface area contributed by atoms with Gasteiger partial charge in [0.25, 0.3) is 0 Å². The Hall–Kier alpha value is -1.13. The number of rotatable bonds is 7. The van der Waals surface area contributed by atoms with Gasteiger partial charge in [-0.1, -0.05) is 6.92 Å². The van der Waals surface area contributed by atoms with Crippen LogP contribution in [0.5, 0.6) is 5.75 Å². The lowest BCUT2D eigenvalue weighted by atomic mass is 10.2. The fraction of sp³-hybridized carbons (Fsp3) is 0.625. The number of ether oxygens (including phenoxy) is 2. The van der Waals surface area contributed by atoms with Crippen molar-refractivity contribution in [2.45, 2.75) is 51.9 Å². The van der Waals surface area contributed by atoms with Crippen LogP contribution in [0.2, 0.25) is 0 Å². The minimum absolute atomic E-state index is 0.159. The van der Waals surface area contributed by atoms with Crippen LogP contribution < -0.4 is 10.1 Å². The molecule has 0 bridgehead atoms. The zero-order chi connectivity index (χ0) is 14.4. The van der Waals surface area contributed by atoms with Gasteiger partial charge >= 0.3 is 0 Å². The van der Waals surface area contributed by atoms with E-state index in [9.17, 15) is 4.39 Å². The lowest BCUT2D eigenvalue weighted by Crippen LogP contribution is -2.19. The van der Waals surface area contributed by atoms with E-state index in [4.69, 9.17) is 9.47 Å². The van der Waals surface area contributed by atoms with E-state index in [-0.39, 0.29) is 11.9 Å². The number of halogens is 1. The fourth-order valence-corrected chi connectivity index (χ4v) is 2.42. The van der Waals surface area contributed by atoms with E-state index in [1.807, 2.05) is 0 Å². The molecule has 2 unspecified atom stereocenters. The molecule has 1 N–H and O–H groups in total. The lowest BCUT2D eigenvalue weighted by molar-refractivity contribution is 0.0262. The second-order valence-corrected chi connectivity index (χ2v) is 5.39. The third kappa shape index (κ3) is 4.46. The van der Waals surface area contributed by atoms with Gasteiger partial charge in [-0.3, -0.25) is 0 Å². The van der Waals surface area contributed by atoms with Crippen molar-refractivity contribution in [3.63, 3.8) is 0 Å². The number of hydrogen-bond acceptors (Lipinski definition) is 3. The molecule has 1 saturated heterocycles. The van der Waals surface area contributed by atoms with Crippen molar-refractivity contribution < 1.29 is 13.9 Å². The molecule has 3 nitrogen and oxygen atoms in total. The van der Waals surface area contributed by atoms with Gasteiger partial charge in [0.15, 0.2) is 0 Å². The molecule has 2 rings (SSSR count). The molecule has 2 atom stereocenters. The van der Waals surface area contributed by atoms with Crippen molar-refractivity contribution in [1.29, 1.82) is 0 Å². The highest BCUT2D eigenvalue weighted by Gasteiger charge is 2.22. The maximum Gasteiger partial charge on any atom is 0.124 e. The lowest BCUT2D eigenvalue weighted by Gasteiger charge is -2.16. The van der Waals surface area contributed by atoms with E-state index in [1.165, 1.54) is 12.1 Å². The van der Waals surface area contributed by atoms with Crippen molar-refractivity contribution in [1.82, 2.24) is 5.32 Å². The minimum atomic E-state index is -0.226. The van der Waals surface area contributed by atoms with E-state index < -0.39 is 0 Å². The van der Waals surface area contributed by atoms with Crippen molar-refractivity contribution in [3.8, 4) is 5.75 Å². The molecule has 0 saturated carbocycles. The van der Waals surface area contributed by atoms with Gasteiger partial charge in [0.05, 0.1) is 12.2 Å². The molecule has 0 amide bonds. The number of nitrogens with one attached hydrogen (secondary N) is 1. The first-order valence-electron chi connectivity index (χ1n) is 7.46. The molecular formula is C16H24FNO2. The van der Waals surface area contributed by atoms with Gasteiger partial charge in [0.2, 0.25) is 0 Å². The van der Waals surface area contributed by atoms with Crippen LogP contribution in [0.15, 0.2) is 18.2 Å². The largest absolute Gasteiger partial charge is 0.491 e. The maximum atomic E-state index is 13.3. The molecule has 1 aliphatic heterocycles. The molecular weight excluding hydrogens is 257 g/mol. The molecule has 4 heteroatoms. The Bertz CT molecular complexity index is 425. The Morgan fingerprint density at radius 3 is 2.95 bits per heavy atom. The highest BCUT2D eigenvalue weighted by atomic mass is 19.1. The van der Waals surface area contributed by atoms with Crippen molar-refractivity contribution in [3.05, 3.63) is 29.6 Å². The first kappa shape index (κ1) is 15.3. The highest BCUT2D eigenvalue weighted by molar-refractivity contribution is 5.34. The predicted octanol–water partition coefficient (Wildman–Crippen LogP) is 3.27. The van der Waals surface area contributed by atoms with Gasteiger partial charge in [-0.15, -0.1) is 0 Å². The van der Waals surface area contributed by atoms with Crippen LogP contribution in [0.4, 0.5) is 4.39 Å². The van der Waals surface area contributed by atoms with Crippen LogP contribution in [-0.2, 0) is 11.3 Å². The second-order valence-electron chi connectivity index (χ2n) is 5.39. The molecule has 112 valence electrons. The maximum absolute atomic E-state index is 13.3. The van der Waals surface area contributed by atoms with Crippen LogP contribution in [0.25, 0.3) is 0 Å². The summed E-state index contributed by atoms with van der Waals surface area (Å²) in [4.78, 5) is 0. The molecule has 20 heavy (non-hydrogen) atoms. The summed E-state index contributed by atoms with van der Waals surface area (Å²) in [7, 11) is 0. The number of benzene rings is 1. The zero-order valence-electron chi connectivity index (χ0n) is 12.3. The second kappa shape index (κ2) is 7.60. The van der Waals surface area contributed by atoms with Gasteiger partial charge in [0.1, 0.15) is 18.2 Å². The summed E-state index contributed by atoms with van der Waals surface area (Å²) in [6.45, 7) is 6.27. The summed E-state index contributed by atoms with van der Waals surface area (Å²) >= 11 is 0. The average Bonchev–Trinajstić information content (AvgIpc) is 2.84. The van der Waals surface area contributed by atoms with E-state index in [0.717, 1.165) is 37.1 Å². The van der Waals surface area contributed by atoms with E-state index in [2.05, 4.69) is 19.2 Å². The van der Waals surface area contributed by atoms with Crippen molar-refractivity contribution in [2.24, 2.45) is 0 Å². The normalized spacial score (nSPS) is 22.1. The molecule has 1 aromatic rings. The van der Waals surface area contributed by atoms with E-state index in [0.29, 0.717) is 19.3 Å². The smallest absolute Gasteiger partial charge is 0.124 e. The molecule has 0 spiro atoms. The summed E-state index contributed by atoms with van der Waals surface area (Å²) in [5.74, 6) is 0.523. The van der Waals surface area contributed by atoms with Gasteiger partial charge in [-0.2, -0.15) is 0 Å². The van der Waals surface area contributed by atoms with Gasteiger partial charge in [-0.25, -0.2) is 4.39 Å². The van der Waals surface area contributed by atoms with E-state index >= 15 is 0 Å². The molecule has 1 aromatic carbocycles. The van der Waals surface area contributed by atoms with Crippen LogP contribution >= 0.6 is 0 Å². The standard InChI is InChI=1S/C16H24FNO2/c1-3-8-18-10-13-9-14(17)5-7-16(13)19-11-15-6-4-12(2)20-15/h5,7,9,12,15,18H,3-4,6,8,10-11H2,1-2H3. The van der Waals surface area contributed by atoms with Crippen LogP contribution in [-0.4, -0.2) is 25.4 Å². The Morgan fingerprint density at radius 1 is 1.40 bits per heavy atom. The summed E-state index contributed by atoms with van der Waals surface area (Å²) in [6, 6.07) is 4.68. The molecule has 0 aliphatic carbocycles. The van der Waals surface area contributed by atoms with Gasteiger partial charge in [0, 0.05) is 12.1 Å². The molecule has 1 fully saturated rings. The summed E-state index contributed by atoms with van der Waals surface area (Å²) in [5, 5.41) is 3.28. The van der Waals surface area contributed by atoms with Crippen LogP contribution in [0, 0.1) is 5.82 Å². The van der Waals surface area contributed by atoms with Crippen LogP contribution in [0.3, 0.4) is 0 Å². The zero-order valence-corrected chi connectivity index (χ0v) is 12.3. The highest BCUT2D eigenvalue weighted by Crippen LogP contribution is 2.23. The Kier molecular flexibility index (Phi) is 5.80. The fourth-order valence-electron chi connectivity index (χ4n) is 2.42. The first-order valence-corrected chi connectivity index (χ1v) is 7.46. The van der Waals surface area contributed by atoms with Crippen LogP contribution in [0.1, 0.15) is 38.7 Å². The average molecular weight is 281 g/mol. The van der Waals surface area contributed by atoms with Crippen molar-refractivity contribution >= 4 is 0 Å². The predicted molar refractivity (Wildman–Crippen MR) is 77.5 cm³/mol. The SMILES string of the molecule is CCCNCc1cc(F)ccc1OCC1CCC(C)O1. The molecule has 1 aliphatic rings. The minimum Gasteiger partial charge on any atom is -0.491 e. The topological polar surface area (TPSA) is 30.5 Å².